The molecule has 0 bridgehead atoms. The molecule has 1 aromatic heterocycles. The number of benzene rings is 2. The number of amides is 1. The summed E-state index contributed by atoms with van der Waals surface area (Å²) in [6.07, 6.45) is 4.37. The van der Waals surface area contributed by atoms with E-state index in [4.69, 9.17) is 9.15 Å². The number of fused-ring (bicyclic) bond motifs is 3. The summed E-state index contributed by atoms with van der Waals surface area (Å²) >= 11 is 0. The number of ketones is 1. The Balaban J connectivity index is 1.50. The number of nitrogens with one attached hydrogen (secondary N) is 1. The normalized spacial score (nSPS) is 22.6. The Hall–Kier alpha value is -3.08. The van der Waals surface area contributed by atoms with Crippen LogP contribution in [0.2, 0.25) is 0 Å². The molecule has 2 heterocycles. The van der Waals surface area contributed by atoms with Gasteiger partial charge in [-0.25, -0.2) is 0 Å². The Labute approximate surface area is 188 Å². The molecular formula is C27H29NO4. The topological polar surface area (TPSA) is 68.5 Å². The van der Waals surface area contributed by atoms with Crippen molar-refractivity contribution >= 4 is 28.3 Å². The quantitative estimate of drug-likeness (QED) is 0.501. The molecule has 1 spiro atoms. The molecule has 1 aliphatic heterocycles. The molecule has 1 amide bonds. The Bertz CT molecular complexity index is 1240. The number of ether oxygens (including phenoxy) is 1. The van der Waals surface area contributed by atoms with E-state index in [9.17, 15) is 9.59 Å². The van der Waals surface area contributed by atoms with E-state index >= 15 is 0 Å². The molecule has 2 aliphatic rings. The molecule has 32 heavy (non-hydrogen) atoms. The number of hydrogen-bond acceptors (Lipinski definition) is 4. The maximum Gasteiger partial charge on any atom is 0.291 e. The van der Waals surface area contributed by atoms with Gasteiger partial charge in [0.2, 0.25) is 0 Å². The number of Topliss-reactive ketones (excluding diaryl/α,β-unsaturated/α-hetero) is 1. The number of rotatable bonds is 2. The van der Waals surface area contributed by atoms with E-state index in [0.717, 1.165) is 31.2 Å². The highest BCUT2D eigenvalue weighted by Crippen LogP contribution is 2.46. The number of aryl methyl sites for hydroxylation is 3. The van der Waals surface area contributed by atoms with Crippen molar-refractivity contribution in [3.63, 3.8) is 0 Å². The molecule has 0 radical (unpaired) electrons. The van der Waals surface area contributed by atoms with Crippen LogP contribution in [0.1, 0.15) is 76.6 Å². The van der Waals surface area contributed by atoms with Gasteiger partial charge in [-0.3, -0.25) is 9.59 Å². The first-order valence-corrected chi connectivity index (χ1v) is 11.4. The highest BCUT2D eigenvalue weighted by Gasteiger charge is 2.43. The average molecular weight is 432 g/mol. The van der Waals surface area contributed by atoms with Crippen molar-refractivity contribution in [1.29, 1.82) is 0 Å². The molecule has 0 saturated heterocycles. The van der Waals surface area contributed by atoms with Gasteiger partial charge < -0.3 is 14.5 Å². The Morgan fingerprint density at radius 2 is 1.81 bits per heavy atom. The van der Waals surface area contributed by atoms with E-state index in [1.54, 1.807) is 0 Å². The minimum Gasteiger partial charge on any atom is -0.486 e. The lowest BCUT2D eigenvalue weighted by atomic mass is 9.74. The molecular weight excluding hydrogens is 402 g/mol. The molecule has 0 unspecified atom stereocenters. The SMILES string of the molecule is Cc1ccc(NC(=O)c2oc3ccc4c(c3c2C)C(=O)CC2(CCC(C)CC2)O4)cc1C. The lowest BCUT2D eigenvalue weighted by Crippen LogP contribution is -2.44. The fraction of sp³-hybridized carbons (Fsp3) is 0.407. The van der Waals surface area contributed by atoms with Crippen LogP contribution in [0, 0.1) is 26.7 Å². The van der Waals surface area contributed by atoms with Crippen molar-refractivity contribution in [1.82, 2.24) is 0 Å². The van der Waals surface area contributed by atoms with E-state index in [-0.39, 0.29) is 23.1 Å². The Kier molecular flexibility index (Phi) is 4.88. The molecule has 3 aromatic rings. The monoisotopic (exact) mass is 431 g/mol. The molecule has 5 rings (SSSR count). The lowest BCUT2D eigenvalue weighted by Gasteiger charge is -2.42. The van der Waals surface area contributed by atoms with Crippen LogP contribution in [0.15, 0.2) is 34.7 Å². The lowest BCUT2D eigenvalue weighted by molar-refractivity contribution is 0.00430. The second-order valence-corrected chi connectivity index (χ2v) is 9.69. The first-order chi connectivity index (χ1) is 15.3. The van der Waals surface area contributed by atoms with Gasteiger partial charge >= 0.3 is 0 Å². The van der Waals surface area contributed by atoms with Gasteiger partial charge in [0.05, 0.1) is 12.0 Å². The summed E-state index contributed by atoms with van der Waals surface area (Å²) in [5.74, 6) is 1.28. The van der Waals surface area contributed by atoms with Crippen LogP contribution in [-0.4, -0.2) is 17.3 Å². The molecule has 166 valence electrons. The van der Waals surface area contributed by atoms with Crippen LogP contribution < -0.4 is 10.1 Å². The highest BCUT2D eigenvalue weighted by atomic mass is 16.5. The third kappa shape index (κ3) is 3.40. The van der Waals surface area contributed by atoms with Gasteiger partial charge in [-0.15, -0.1) is 0 Å². The van der Waals surface area contributed by atoms with Gasteiger partial charge in [0.15, 0.2) is 11.5 Å². The van der Waals surface area contributed by atoms with E-state index < -0.39 is 0 Å². The van der Waals surface area contributed by atoms with Crippen LogP contribution in [0.5, 0.6) is 5.75 Å². The summed E-state index contributed by atoms with van der Waals surface area (Å²) in [7, 11) is 0. The van der Waals surface area contributed by atoms with Crippen LogP contribution >= 0.6 is 0 Å². The third-order valence-electron chi connectivity index (χ3n) is 7.30. The Morgan fingerprint density at radius 3 is 2.53 bits per heavy atom. The van der Waals surface area contributed by atoms with Crippen LogP contribution in [-0.2, 0) is 0 Å². The molecule has 1 N–H and O–H groups in total. The van der Waals surface area contributed by atoms with Crippen molar-refractivity contribution in [2.45, 2.75) is 65.4 Å². The van der Waals surface area contributed by atoms with Gasteiger partial charge in [0.25, 0.3) is 5.91 Å². The highest BCUT2D eigenvalue weighted by molar-refractivity contribution is 6.14. The van der Waals surface area contributed by atoms with Crippen molar-refractivity contribution in [3.8, 4) is 5.75 Å². The van der Waals surface area contributed by atoms with E-state index in [2.05, 4.69) is 12.2 Å². The third-order valence-corrected chi connectivity index (χ3v) is 7.30. The molecule has 5 nitrogen and oxygen atoms in total. The maximum absolute atomic E-state index is 13.3. The molecule has 2 aromatic carbocycles. The van der Waals surface area contributed by atoms with Gasteiger partial charge in [0.1, 0.15) is 16.9 Å². The predicted octanol–water partition coefficient (Wildman–Crippen LogP) is 6.52. The maximum atomic E-state index is 13.3. The number of anilines is 1. The second-order valence-electron chi connectivity index (χ2n) is 9.69. The summed E-state index contributed by atoms with van der Waals surface area (Å²) in [4.78, 5) is 26.3. The summed E-state index contributed by atoms with van der Waals surface area (Å²) < 4.78 is 12.4. The number of carbonyl (C=O) groups excluding carboxylic acids is 2. The van der Waals surface area contributed by atoms with Crippen molar-refractivity contribution in [2.75, 3.05) is 5.32 Å². The first kappa shape index (κ1) is 20.8. The fourth-order valence-corrected chi connectivity index (χ4v) is 5.12. The van der Waals surface area contributed by atoms with Crippen LogP contribution in [0.25, 0.3) is 11.0 Å². The van der Waals surface area contributed by atoms with Crippen molar-refractivity contribution < 1.29 is 18.7 Å². The van der Waals surface area contributed by atoms with Crippen molar-refractivity contribution in [2.24, 2.45) is 5.92 Å². The summed E-state index contributed by atoms with van der Waals surface area (Å²) in [6, 6.07) is 9.43. The van der Waals surface area contributed by atoms with Gasteiger partial charge in [0, 0.05) is 16.6 Å². The van der Waals surface area contributed by atoms with E-state index in [1.807, 2.05) is 51.1 Å². The summed E-state index contributed by atoms with van der Waals surface area (Å²) in [5.41, 5.74) is 4.36. The molecule has 5 heteroatoms. The zero-order valence-electron chi connectivity index (χ0n) is 19.1. The smallest absolute Gasteiger partial charge is 0.291 e. The van der Waals surface area contributed by atoms with E-state index in [0.29, 0.717) is 45.9 Å². The average Bonchev–Trinajstić information content (AvgIpc) is 3.10. The van der Waals surface area contributed by atoms with Gasteiger partial charge in [-0.2, -0.15) is 0 Å². The van der Waals surface area contributed by atoms with Crippen molar-refractivity contribution in [3.05, 3.63) is 58.3 Å². The van der Waals surface area contributed by atoms with Gasteiger partial charge in [-0.05, 0) is 87.8 Å². The van der Waals surface area contributed by atoms with E-state index in [1.165, 1.54) is 5.56 Å². The molecule has 0 atom stereocenters. The van der Waals surface area contributed by atoms with Crippen LogP contribution in [0.4, 0.5) is 5.69 Å². The molecule has 1 aliphatic carbocycles. The minimum absolute atomic E-state index is 0.0800. The molecule has 1 fully saturated rings. The summed E-state index contributed by atoms with van der Waals surface area (Å²) in [5, 5.41) is 3.61. The largest absolute Gasteiger partial charge is 0.486 e. The number of carbonyl (C=O) groups is 2. The first-order valence-electron chi connectivity index (χ1n) is 11.4. The van der Waals surface area contributed by atoms with Crippen LogP contribution in [0.3, 0.4) is 0 Å². The Morgan fingerprint density at radius 1 is 1.06 bits per heavy atom. The standard InChI is InChI=1S/C27H29NO4/c1-15-9-11-27(12-10-15)14-20(29)24-22(32-27)8-7-21-23(24)18(4)25(31-21)26(30)28-19-6-5-16(2)17(3)13-19/h5-8,13,15H,9-12,14H2,1-4H3,(H,28,30). The second kappa shape index (κ2) is 7.51. The minimum atomic E-state index is -0.384. The molecule has 1 saturated carbocycles. The number of hydrogen-bond donors (Lipinski definition) is 1. The van der Waals surface area contributed by atoms with Gasteiger partial charge in [-0.1, -0.05) is 13.0 Å². The predicted molar refractivity (Wildman–Crippen MR) is 125 cm³/mol. The summed E-state index contributed by atoms with van der Waals surface area (Å²) in [6.45, 7) is 8.13. The zero-order chi connectivity index (χ0) is 22.6. The fourth-order valence-electron chi connectivity index (χ4n) is 5.12. The number of furan rings is 1. The zero-order valence-corrected chi connectivity index (χ0v) is 19.1.